The number of allylic oxidation sites excluding steroid dienone is 1. The molecule has 3 heterocycles. The van der Waals surface area contributed by atoms with E-state index in [4.69, 9.17) is 18.6 Å². The first kappa shape index (κ1) is 28.4. The van der Waals surface area contributed by atoms with Crippen molar-refractivity contribution >= 4 is 35.0 Å². The molecule has 0 saturated carbocycles. The molecule has 0 bridgehead atoms. The van der Waals surface area contributed by atoms with Crippen LogP contribution in [0, 0.1) is 10.1 Å². The third-order valence-corrected chi connectivity index (χ3v) is 7.28. The van der Waals surface area contributed by atoms with Crippen molar-refractivity contribution in [1.29, 1.82) is 0 Å². The van der Waals surface area contributed by atoms with Gasteiger partial charge < -0.3 is 18.6 Å². The Bertz CT molecular complexity index is 1850. The standard InChI is InChI=1S/C29H23N3O9S/c1-17-24(28(35)40-15-14-38-2)25(19-7-11-21(12-8-19)41-27(34)22-4-3-13-39-22)31-26(33)23(42-29(31)30-17)16-18-5-9-20(10-6-18)32(36)37/h3-13,16,25H,14-15H2,1-2H3/b23-16+/t25-/m1/s1. The molecule has 13 heteroatoms. The smallest absolute Gasteiger partial charge is 0.379 e. The quantitative estimate of drug-likeness (QED) is 0.0942. The number of ether oxygens (including phenoxy) is 3. The number of hydrogen-bond acceptors (Lipinski definition) is 11. The highest BCUT2D eigenvalue weighted by Crippen LogP contribution is 2.32. The molecule has 0 spiro atoms. The van der Waals surface area contributed by atoms with E-state index in [2.05, 4.69) is 4.99 Å². The molecule has 1 aliphatic heterocycles. The third kappa shape index (κ3) is 5.82. The first-order valence-electron chi connectivity index (χ1n) is 12.6. The van der Waals surface area contributed by atoms with Gasteiger partial charge in [-0.2, -0.15) is 0 Å². The molecule has 42 heavy (non-hydrogen) atoms. The molecule has 0 fully saturated rings. The molecule has 1 atom stereocenters. The van der Waals surface area contributed by atoms with Gasteiger partial charge in [-0.25, -0.2) is 14.6 Å². The van der Waals surface area contributed by atoms with Crippen molar-refractivity contribution in [3.8, 4) is 5.75 Å². The summed E-state index contributed by atoms with van der Waals surface area (Å²) in [7, 11) is 1.48. The number of aromatic nitrogens is 1. The van der Waals surface area contributed by atoms with Crippen LogP contribution < -0.4 is 19.6 Å². The topological polar surface area (TPSA) is 152 Å². The number of non-ortho nitro benzene ring substituents is 1. The van der Waals surface area contributed by atoms with Crippen molar-refractivity contribution in [2.75, 3.05) is 20.3 Å². The normalized spacial score (nSPS) is 14.7. The van der Waals surface area contributed by atoms with E-state index in [0.29, 0.717) is 26.2 Å². The molecule has 12 nitrogen and oxygen atoms in total. The van der Waals surface area contributed by atoms with Crippen molar-refractivity contribution in [3.05, 3.63) is 125 Å². The second kappa shape index (κ2) is 12.2. The number of methoxy groups -OCH3 is 1. The second-order valence-electron chi connectivity index (χ2n) is 9.00. The van der Waals surface area contributed by atoms with Gasteiger partial charge in [0.1, 0.15) is 12.4 Å². The van der Waals surface area contributed by atoms with E-state index >= 15 is 0 Å². The maximum Gasteiger partial charge on any atom is 0.379 e. The molecular weight excluding hydrogens is 566 g/mol. The molecule has 2 aromatic carbocycles. The van der Waals surface area contributed by atoms with Gasteiger partial charge in [0.2, 0.25) is 5.76 Å². The average molecular weight is 590 g/mol. The second-order valence-corrected chi connectivity index (χ2v) is 10.0. The van der Waals surface area contributed by atoms with Crippen LogP contribution in [0.5, 0.6) is 5.75 Å². The van der Waals surface area contributed by atoms with Gasteiger partial charge in [-0.15, -0.1) is 0 Å². The third-order valence-electron chi connectivity index (χ3n) is 6.29. The molecule has 0 amide bonds. The first-order chi connectivity index (χ1) is 20.3. The molecule has 0 radical (unpaired) electrons. The Balaban J connectivity index is 1.56. The van der Waals surface area contributed by atoms with Crippen LogP contribution in [0.4, 0.5) is 5.69 Å². The molecule has 5 rings (SSSR count). The van der Waals surface area contributed by atoms with Crippen LogP contribution in [0.1, 0.15) is 34.6 Å². The Hall–Kier alpha value is -5.14. The van der Waals surface area contributed by atoms with Gasteiger partial charge in [0.25, 0.3) is 11.2 Å². The Labute approximate surface area is 241 Å². The van der Waals surface area contributed by atoms with E-state index in [1.807, 2.05) is 0 Å². The van der Waals surface area contributed by atoms with Crippen molar-refractivity contribution in [3.63, 3.8) is 0 Å². The lowest BCUT2D eigenvalue weighted by Gasteiger charge is -2.25. The molecule has 2 aromatic heterocycles. The summed E-state index contributed by atoms with van der Waals surface area (Å²) in [5, 5.41) is 11.0. The van der Waals surface area contributed by atoms with E-state index in [1.165, 1.54) is 36.1 Å². The maximum atomic E-state index is 13.8. The van der Waals surface area contributed by atoms with E-state index in [1.54, 1.807) is 55.5 Å². The van der Waals surface area contributed by atoms with Crippen LogP contribution in [0.25, 0.3) is 6.08 Å². The first-order valence-corrected chi connectivity index (χ1v) is 13.4. The minimum atomic E-state index is -0.898. The summed E-state index contributed by atoms with van der Waals surface area (Å²) in [4.78, 5) is 54.7. The van der Waals surface area contributed by atoms with Crippen molar-refractivity contribution in [2.45, 2.75) is 13.0 Å². The number of fused-ring (bicyclic) bond motifs is 1. The average Bonchev–Trinajstić information content (AvgIpc) is 3.62. The lowest BCUT2D eigenvalue weighted by molar-refractivity contribution is -0.384. The number of nitro benzene ring substituents is 1. The molecule has 214 valence electrons. The number of esters is 2. The Morgan fingerprint density at radius 3 is 2.48 bits per heavy atom. The number of rotatable bonds is 9. The fourth-order valence-corrected chi connectivity index (χ4v) is 5.35. The van der Waals surface area contributed by atoms with Gasteiger partial charge in [0, 0.05) is 19.2 Å². The number of carbonyl (C=O) groups is 2. The zero-order valence-electron chi connectivity index (χ0n) is 22.3. The number of hydrogen-bond donors (Lipinski definition) is 0. The van der Waals surface area contributed by atoms with Crippen molar-refractivity contribution < 1.29 is 33.1 Å². The van der Waals surface area contributed by atoms with E-state index < -0.39 is 28.5 Å². The number of thiazole rings is 1. The summed E-state index contributed by atoms with van der Waals surface area (Å²) in [6.07, 6.45) is 2.97. The zero-order valence-corrected chi connectivity index (χ0v) is 23.2. The molecule has 0 N–H and O–H groups in total. The van der Waals surface area contributed by atoms with E-state index in [-0.39, 0.29) is 36.0 Å². The summed E-state index contributed by atoms with van der Waals surface area (Å²) in [5.41, 5.74) is 1.19. The van der Waals surface area contributed by atoms with Crippen LogP contribution >= 0.6 is 11.3 Å². The zero-order chi connectivity index (χ0) is 29.8. The largest absolute Gasteiger partial charge is 0.460 e. The fraction of sp³-hybridized carbons (Fsp3) is 0.172. The molecule has 4 aromatic rings. The number of benzene rings is 2. The highest BCUT2D eigenvalue weighted by Gasteiger charge is 2.33. The van der Waals surface area contributed by atoms with Crippen LogP contribution in [-0.4, -0.2) is 41.8 Å². The molecule has 0 unspecified atom stereocenters. The summed E-state index contributed by atoms with van der Waals surface area (Å²) < 4.78 is 22.6. The monoisotopic (exact) mass is 589 g/mol. The van der Waals surface area contributed by atoms with Crippen LogP contribution in [0.2, 0.25) is 0 Å². The predicted molar refractivity (Wildman–Crippen MR) is 150 cm³/mol. The van der Waals surface area contributed by atoms with Gasteiger partial charge in [0.05, 0.1) is 39.6 Å². The minimum absolute atomic E-state index is 0.00503. The lowest BCUT2D eigenvalue weighted by Crippen LogP contribution is -2.40. The predicted octanol–water partition coefficient (Wildman–Crippen LogP) is 3.15. The minimum Gasteiger partial charge on any atom is -0.460 e. The summed E-state index contributed by atoms with van der Waals surface area (Å²) in [6, 6.07) is 14.3. The van der Waals surface area contributed by atoms with E-state index in [0.717, 1.165) is 11.3 Å². The summed E-state index contributed by atoms with van der Waals surface area (Å²) in [6.45, 7) is 1.85. The Morgan fingerprint density at radius 1 is 1.10 bits per heavy atom. The number of carbonyl (C=O) groups excluding carboxylic acids is 2. The summed E-state index contributed by atoms with van der Waals surface area (Å²) in [5.74, 6) is -1.06. The van der Waals surface area contributed by atoms with Crippen LogP contribution in [0.15, 0.2) is 92.4 Å². The fourth-order valence-electron chi connectivity index (χ4n) is 4.31. The van der Waals surface area contributed by atoms with Crippen molar-refractivity contribution in [2.24, 2.45) is 4.99 Å². The number of nitrogens with zero attached hydrogens (tertiary/aromatic N) is 3. The van der Waals surface area contributed by atoms with Crippen LogP contribution in [-0.2, 0) is 14.3 Å². The van der Waals surface area contributed by atoms with Gasteiger partial charge in [0.15, 0.2) is 4.80 Å². The Morgan fingerprint density at radius 2 is 1.83 bits per heavy atom. The lowest BCUT2D eigenvalue weighted by atomic mass is 9.96. The SMILES string of the molecule is COCCOC(=O)C1=C(C)N=c2s/c(=C/c3ccc([N+](=O)[O-])cc3)c(=O)n2[C@@H]1c1ccc(OC(=O)c2ccco2)cc1. The molecule has 0 saturated heterocycles. The van der Waals surface area contributed by atoms with Crippen LogP contribution in [0.3, 0.4) is 0 Å². The highest BCUT2D eigenvalue weighted by molar-refractivity contribution is 7.07. The molecular formula is C29H23N3O9S. The van der Waals surface area contributed by atoms with Gasteiger partial charge in [-0.1, -0.05) is 23.5 Å². The number of furan rings is 1. The van der Waals surface area contributed by atoms with Crippen molar-refractivity contribution in [1.82, 2.24) is 4.57 Å². The molecule has 1 aliphatic rings. The van der Waals surface area contributed by atoms with Gasteiger partial charge in [-0.05, 0) is 60.5 Å². The Kier molecular flexibility index (Phi) is 8.22. The molecule has 0 aliphatic carbocycles. The highest BCUT2D eigenvalue weighted by atomic mass is 32.1. The number of nitro groups is 1. The van der Waals surface area contributed by atoms with E-state index in [9.17, 15) is 24.5 Å². The summed E-state index contributed by atoms with van der Waals surface area (Å²) >= 11 is 1.12. The van der Waals surface area contributed by atoms with Gasteiger partial charge >= 0.3 is 11.9 Å². The van der Waals surface area contributed by atoms with Gasteiger partial charge in [-0.3, -0.25) is 19.5 Å². The maximum absolute atomic E-state index is 13.8.